The zero-order chi connectivity index (χ0) is 48.9. The molecule has 0 aliphatic heterocycles. The lowest BCUT2D eigenvalue weighted by Crippen LogP contribution is -2.07. The molecule has 17 heteroatoms. The molecule has 0 radical (unpaired) electrons. The number of nitrogen functional groups attached to an aromatic ring is 1. The van der Waals surface area contributed by atoms with Gasteiger partial charge in [0.2, 0.25) is 0 Å². The fourth-order valence-electron chi connectivity index (χ4n) is 6.18. The summed E-state index contributed by atoms with van der Waals surface area (Å²) in [6.07, 6.45) is 4.46. The Morgan fingerprint density at radius 2 is 1.44 bits per heavy atom. The minimum atomic E-state index is -4.61. The summed E-state index contributed by atoms with van der Waals surface area (Å²) in [4.78, 5) is 13.7. The second-order valence-electron chi connectivity index (χ2n) is 15.0. The van der Waals surface area contributed by atoms with Gasteiger partial charge in [-0.1, -0.05) is 84.4 Å². The Balaban J connectivity index is 0.000000220. The van der Waals surface area contributed by atoms with Crippen molar-refractivity contribution in [1.29, 1.82) is 10.5 Å². The number of nitrogens with two attached hydrogens (primary N) is 4. The monoisotopic (exact) mass is 906 g/mol. The molecule has 1 aromatic heterocycles. The number of pyridine rings is 1. The molecule has 1 aliphatic carbocycles. The highest BCUT2D eigenvalue weighted by Gasteiger charge is 2.19. The van der Waals surface area contributed by atoms with Crippen LogP contribution in [0.15, 0.2) is 166 Å². The molecule has 5 aromatic rings. The van der Waals surface area contributed by atoms with E-state index < -0.39 is 25.6 Å². The Hall–Kier alpha value is -8.64. The van der Waals surface area contributed by atoms with Crippen LogP contribution in [0.4, 0.5) is 28.7 Å². The van der Waals surface area contributed by atoms with Gasteiger partial charge in [-0.15, -0.1) is 0 Å². The van der Waals surface area contributed by atoms with Crippen LogP contribution in [0.3, 0.4) is 0 Å². The molecular weight excluding hydrogens is 857 g/mol. The largest absolute Gasteiger partial charge is 0.508 e. The van der Waals surface area contributed by atoms with Crippen LogP contribution in [0.2, 0.25) is 0 Å². The van der Waals surface area contributed by atoms with Crippen LogP contribution in [-0.4, -0.2) is 28.0 Å². The Morgan fingerprint density at radius 3 is 1.92 bits per heavy atom. The first-order chi connectivity index (χ1) is 31.1. The van der Waals surface area contributed by atoms with Crippen molar-refractivity contribution >= 4 is 55.2 Å². The number of nitriles is 2. The minimum absolute atomic E-state index is 0.150. The van der Waals surface area contributed by atoms with Gasteiger partial charge in [0.25, 0.3) is 15.8 Å². The van der Waals surface area contributed by atoms with Gasteiger partial charge in [-0.25, -0.2) is 4.98 Å². The summed E-state index contributed by atoms with van der Waals surface area (Å²) in [5.41, 5.74) is 32.1. The van der Waals surface area contributed by atoms with Gasteiger partial charge in [-0.2, -0.15) is 18.9 Å². The number of benzene rings is 4. The molecule has 66 heavy (non-hydrogen) atoms. The number of nitrogens with one attached hydrogen (secondary N) is 2. The second kappa shape index (κ2) is 22.1. The van der Waals surface area contributed by atoms with Gasteiger partial charge in [-0.3, -0.25) is 14.7 Å². The summed E-state index contributed by atoms with van der Waals surface area (Å²) in [6, 6.07) is 34.3. The number of nitrogens with zero attached hydrogens (tertiary/aromatic N) is 4. The predicted molar refractivity (Wildman–Crippen MR) is 262 cm³/mol. The summed E-state index contributed by atoms with van der Waals surface area (Å²) in [5, 5.41) is 48.0. The third kappa shape index (κ3) is 13.4. The average molecular weight is 907 g/mol. The molecule has 0 amide bonds. The highest BCUT2D eigenvalue weighted by molar-refractivity contribution is 7.90. The molecule has 338 valence electrons. The Morgan fingerprint density at radius 1 is 0.879 bits per heavy atom. The van der Waals surface area contributed by atoms with Gasteiger partial charge in [0, 0.05) is 57.8 Å². The number of aryl methyl sites for hydroxylation is 2. The first kappa shape index (κ1) is 50.0. The van der Waals surface area contributed by atoms with Crippen LogP contribution in [0.1, 0.15) is 48.1 Å². The summed E-state index contributed by atoms with van der Waals surface area (Å²) < 4.78 is 30.2. The number of hydrogen-bond acceptors (Lipinski definition) is 14. The van der Waals surface area contributed by atoms with E-state index in [0.717, 1.165) is 33.8 Å². The van der Waals surface area contributed by atoms with Crippen molar-refractivity contribution < 1.29 is 23.0 Å². The number of hydrogen-bond donors (Lipinski definition) is 8. The highest BCUT2D eigenvalue weighted by Crippen LogP contribution is 2.33. The lowest BCUT2D eigenvalue weighted by Gasteiger charge is -2.16. The quantitative estimate of drug-likeness (QED) is 0.0213. The topological polar surface area (TPSA) is 306 Å². The molecule has 4 aromatic carbocycles. The van der Waals surface area contributed by atoms with Gasteiger partial charge in [0.1, 0.15) is 17.9 Å². The lowest BCUT2D eigenvalue weighted by atomic mass is 9.94. The van der Waals surface area contributed by atoms with Crippen molar-refractivity contribution in [2.75, 3.05) is 16.4 Å². The van der Waals surface area contributed by atoms with Crippen LogP contribution in [0, 0.1) is 53.5 Å². The van der Waals surface area contributed by atoms with E-state index in [1.54, 1.807) is 13.8 Å². The third-order valence-corrected chi connectivity index (χ3v) is 10.6. The maximum atomic E-state index is 10.8. The van der Waals surface area contributed by atoms with E-state index in [2.05, 4.69) is 34.3 Å². The Kier molecular flexibility index (Phi) is 16.8. The summed E-state index contributed by atoms with van der Waals surface area (Å²) in [5.74, 6) is 0.757. The van der Waals surface area contributed by atoms with Gasteiger partial charge in [-0.05, 0) is 93.3 Å². The van der Waals surface area contributed by atoms with Crippen LogP contribution in [-0.2, 0) is 10.1 Å². The van der Waals surface area contributed by atoms with Crippen molar-refractivity contribution in [2.24, 2.45) is 17.2 Å². The number of rotatable bonds is 10. The van der Waals surface area contributed by atoms with Crippen LogP contribution in [0.25, 0.3) is 16.3 Å². The van der Waals surface area contributed by atoms with Crippen LogP contribution in [0.5, 0.6) is 0 Å². The van der Waals surface area contributed by atoms with Crippen molar-refractivity contribution in [3.05, 3.63) is 204 Å². The van der Waals surface area contributed by atoms with E-state index in [1.165, 1.54) is 23.3 Å². The molecule has 6 rings (SSSR count). The number of aromatic nitrogens is 1. The lowest BCUT2D eigenvalue weighted by molar-refractivity contribution is -0.419. The van der Waals surface area contributed by atoms with E-state index >= 15 is 0 Å². The molecule has 0 bridgehead atoms. The fraction of sp³-hybridized carbons (Fsp3) is 0.122. The molecular formula is C49H50N10O6S. The van der Waals surface area contributed by atoms with E-state index in [4.69, 9.17) is 27.5 Å². The number of anilines is 5. The third-order valence-electron chi connectivity index (χ3n) is 9.79. The number of aliphatic hydroxyl groups is 1. The van der Waals surface area contributed by atoms with E-state index in [0.29, 0.717) is 62.8 Å². The van der Waals surface area contributed by atoms with E-state index in [-0.39, 0.29) is 17.8 Å². The fourth-order valence-corrected chi connectivity index (χ4v) is 6.45. The molecule has 0 unspecified atom stereocenters. The first-order valence-corrected chi connectivity index (χ1v) is 21.4. The van der Waals surface area contributed by atoms with E-state index in [1.807, 2.05) is 112 Å². The van der Waals surface area contributed by atoms with Gasteiger partial charge >= 0.3 is 0 Å². The molecule has 1 heterocycles. The molecule has 0 atom stereocenters. The molecule has 12 N–H and O–H groups in total. The summed E-state index contributed by atoms with van der Waals surface area (Å²) >= 11 is 0. The van der Waals surface area contributed by atoms with E-state index in [9.17, 15) is 34.2 Å². The maximum Gasteiger partial charge on any atom is 0.294 e. The number of aliphatic hydroxyl groups excluding tert-OH is 1. The second-order valence-corrected chi connectivity index (χ2v) is 16.5. The average Bonchev–Trinajstić information content (AvgIpc) is 3.26. The maximum absolute atomic E-state index is 10.8. The minimum Gasteiger partial charge on any atom is -0.508 e. The Labute approximate surface area is 383 Å². The smallest absolute Gasteiger partial charge is 0.294 e. The van der Waals surface area contributed by atoms with Gasteiger partial charge in [0.05, 0.1) is 26.7 Å². The van der Waals surface area contributed by atoms with Crippen molar-refractivity contribution in [2.45, 2.75) is 41.0 Å². The van der Waals surface area contributed by atoms with Gasteiger partial charge < -0.3 is 38.7 Å². The zero-order valence-corrected chi connectivity index (χ0v) is 37.7. The van der Waals surface area contributed by atoms with Crippen LogP contribution < -0.4 is 33.6 Å². The molecule has 0 saturated carbocycles. The molecule has 0 saturated heterocycles. The molecule has 16 nitrogen and oxygen atoms in total. The number of nitro groups is 1. The van der Waals surface area contributed by atoms with Crippen molar-refractivity contribution in [3.8, 4) is 12.1 Å². The standard InChI is InChI=1S/C21H21N5.C17H17N3.C11H12N2O6S/c1-13-4-8-16(9-5-13)24-20-18(12-22)15(3)19(23)21(26-20)25-17-10-6-14(2)7-11-17;1-11(19)16(10-18)17(12(2)20)15-8-7-13-5-3-4-6-14(13)9-15;1-7(20(17,18)19)4-10(13(15)16)5-8-2-3-9(12)6-11(8)14/h4-11H,23H2,1-3H3,(H2,24,25,26);3-9H,19-20H2,1-2H3;3-6,14H,1-2,12H2,(H,17,18,19)/b;16-11+,17-12+;8-5+,10-4+. The number of fused-ring (bicyclic) bond motifs is 1. The SMILES string of the molecule is C/C(N)=C(C#N)\C(=C(/C)N)c1ccc2ccccc2c1.C=C(/C=C(\C=C1/CC=C(N)C=C1O)[N+](=O)[O-])S(=O)(=O)O.Cc1ccc(Nc2nc(Nc3ccc(C)cc3)c(C#N)c(C)c2N)cc1. The number of allylic oxidation sites excluding steroid dienone is 9. The summed E-state index contributed by atoms with van der Waals surface area (Å²) in [7, 11) is -4.61. The normalized spacial score (nSPS) is 13.7. The predicted octanol–water partition coefficient (Wildman–Crippen LogP) is 9.40. The zero-order valence-electron chi connectivity index (χ0n) is 36.9. The molecule has 0 fully saturated rings. The van der Waals surface area contributed by atoms with Crippen molar-refractivity contribution in [1.82, 2.24) is 4.98 Å². The summed E-state index contributed by atoms with van der Waals surface area (Å²) in [6.45, 7) is 12.4. The Bertz CT molecular complexity index is 3070. The first-order valence-electron chi connectivity index (χ1n) is 19.9. The molecule has 0 spiro atoms. The van der Waals surface area contributed by atoms with Crippen molar-refractivity contribution in [3.63, 3.8) is 0 Å². The van der Waals surface area contributed by atoms with Gasteiger partial charge in [0.15, 0.2) is 11.6 Å². The molecule has 1 aliphatic rings. The van der Waals surface area contributed by atoms with Crippen LogP contribution >= 0.6 is 0 Å². The highest BCUT2D eigenvalue weighted by atomic mass is 32.2.